The summed E-state index contributed by atoms with van der Waals surface area (Å²) in [7, 11) is 0. The molecule has 0 saturated carbocycles. The van der Waals surface area contributed by atoms with Crippen molar-refractivity contribution in [2.24, 2.45) is 0 Å². The molecule has 0 radical (unpaired) electrons. The van der Waals surface area contributed by atoms with E-state index in [2.05, 4.69) is 26.2 Å². The third-order valence-electron chi connectivity index (χ3n) is 6.20. The highest BCUT2D eigenvalue weighted by molar-refractivity contribution is 9.10. The zero-order valence-corrected chi connectivity index (χ0v) is 24.6. The molecule has 1 unspecified atom stereocenters. The number of thioether (sulfide) groups is 1. The third kappa shape index (κ3) is 6.39. The fourth-order valence-electron chi connectivity index (χ4n) is 4.34. The van der Waals surface area contributed by atoms with Crippen LogP contribution < -0.4 is 10.1 Å². The van der Waals surface area contributed by atoms with E-state index in [1.54, 1.807) is 22.9 Å². The van der Waals surface area contributed by atoms with Crippen LogP contribution in [0.3, 0.4) is 0 Å². The molecule has 206 valence electrons. The zero-order valence-electron chi connectivity index (χ0n) is 22.2. The molecule has 1 aliphatic heterocycles. The number of hydrogen-bond donors (Lipinski definition) is 1. The Labute approximate surface area is 244 Å². The van der Waals surface area contributed by atoms with Crippen LogP contribution in [0.5, 0.6) is 5.75 Å². The topological polar surface area (TPSA) is 78.3 Å². The summed E-state index contributed by atoms with van der Waals surface area (Å²) in [5.74, 6) is 0.869. The van der Waals surface area contributed by atoms with Crippen LogP contribution in [-0.2, 0) is 21.9 Å². The van der Waals surface area contributed by atoms with Crippen molar-refractivity contribution < 1.29 is 18.7 Å². The van der Waals surface area contributed by atoms with Crippen molar-refractivity contribution >= 4 is 39.6 Å². The van der Waals surface area contributed by atoms with Crippen LogP contribution in [0, 0.1) is 5.82 Å². The quantitative estimate of drug-likeness (QED) is 0.155. The van der Waals surface area contributed by atoms with Crippen LogP contribution in [0.2, 0.25) is 0 Å². The number of nitrogens with zero attached hydrogens (tertiary/aromatic N) is 3. The number of hydrogen-bond acceptors (Lipinski definition) is 7. The van der Waals surface area contributed by atoms with E-state index in [4.69, 9.17) is 14.6 Å². The molecule has 0 saturated heterocycles. The molecular formula is C30H28BrFN4O3S. The van der Waals surface area contributed by atoms with E-state index in [1.807, 2.05) is 69.3 Å². The first kappa shape index (κ1) is 27.9. The van der Waals surface area contributed by atoms with Crippen molar-refractivity contribution in [3.05, 3.63) is 111 Å². The minimum Gasteiger partial charge on any atom is -0.489 e. The van der Waals surface area contributed by atoms with E-state index in [0.29, 0.717) is 46.0 Å². The Balaban J connectivity index is 1.42. The number of aromatic nitrogens is 3. The second kappa shape index (κ2) is 12.3. The van der Waals surface area contributed by atoms with Gasteiger partial charge in [-0.2, -0.15) is 4.98 Å². The van der Waals surface area contributed by atoms with Gasteiger partial charge in [0.2, 0.25) is 11.1 Å². The van der Waals surface area contributed by atoms with Gasteiger partial charge in [0.05, 0.1) is 11.7 Å². The molecule has 0 spiro atoms. The van der Waals surface area contributed by atoms with Gasteiger partial charge in [-0.1, -0.05) is 70.2 Å². The summed E-state index contributed by atoms with van der Waals surface area (Å²) < 4.78 is 28.4. The van der Waals surface area contributed by atoms with Crippen molar-refractivity contribution in [2.45, 2.75) is 50.4 Å². The van der Waals surface area contributed by atoms with Gasteiger partial charge in [-0.25, -0.2) is 13.9 Å². The lowest BCUT2D eigenvalue weighted by molar-refractivity contribution is -0.143. The normalized spacial score (nSPS) is 14.6. The maximum Gasteiger partial charge on any atom is 0.338 e. The first-order valence-corrected chi connectivity index (χ1v) is 14.5. The number of esters is 1. The monoisotopic (exact) mass is 622 g/mol. The minimum absolute atomic E-state index is 0.270. The van der Waals surface area contributed by atoms with Crippen LogP contribution in [0.1, 0.15) is 43.5 Å². The van der Waals surface area contributed by atoms with E-state index in [-0.39, 0.29) is 11.9 Å². The van der Waals surface area contributed by atoms with Crippen molar-refractivity contribution in [3.8, 4) is 5.75 Å². The van der Waals surface area contributed by atoms with Crippen molar-refractivity contribution in [2.75, 3.05) is 5.32 Å². The van der Waals surface area contributed by atoms with Crippen LogP contribution in [0.4, 0.5) is 10.3 Å². The molecule has 2 heterocycles. The molecule has 0 bridgehead atoms. The third-order valence-corrected chi connectivity index (χ3v) is 7.58. The number of benzene rings is 3. The lowest BCUT2D eigenvalue weighted by Crippen LogP contribution is -2.30. The van der Waals surface area contributed by atoms with Crippen LogP contribution in [-0.4, -0.2) is 26.8 Å². The van der Waals surface area contributed by atoms with Crippen molar-refractivity contribution in [1.82, 2.24) is 14.8 Å². The molecule has 1 N–H and O–H groups in total. The molecule has 1 aromatic heterocycles. The minimum atomic E-state index is -0.572. The standard InChI is InChI=1S/C30H28BrFN4O3S/c1-18(2)39-28(37)26-19(3)33-29-34-30(40-17-22-8-4-5-10-25(22)32)35-36(29)27(26)21-11-13-24(14-12-21)38-16-20-7-6-9-23(31)15-20/h4-15,18,27H,16-17H2,1-3H3,(H,33,34,35). The van der Waals surface area contributed by atoms with Gasteiger partial charge in [0, 0.05) is 15.9 Å². The van der Waals surface area contributed by atoms with Crippen LogP contribution in [0.25, 0.3) is 0 Å². The Morgan fingerprint density at radius 2 is 1.90 bits per heavy atom. The number of allylic oxidation sites excluding steroid dienone is 1. The lowest BCUT2D eigenvalue weighted by atomic mass is 9.95. The second-order valence-electron chi connectivity index (χ2n) is 9.55. The highest BCUT2D eigenvalue weighted by Crippen LogP contribution is 2.38. The number of nitrogens with one attached hydrogen (secondary N) is 1. The summed E-state index contributed by atoms with van der Waals surface area (Å²) in [6.45, 7) is 5.88. The molecular weight excluding hydrogens is 595 g/mol. The van der Waals surface area contributed by atoms with Gasteiger partial charge in [0.1, 0.15) is 24.2 Å². The molecule has 4 aromatic rings. The molecule has 0 amide bonds. The van der Waals surface area contributed by atoms with Gasteiger partial charge >= 0.3 is 5.97 Å². The molecule has 0 fully saturated rings. The molecule has 3 aromatic carbocycles. The zero-order chi connectivity index (χ0) is 28.2. The fourth-order valence-corrected chi connectivity index (χ4v) is 5.60. The molecule has 10 heteroatoms. The molecule has 0 aliphatic carbocycles. The van der Waals surface area contributed by atoms with E-state index < -0.39 is 12.0 Å². The van der Waals surface area contributed by atoms with Gasteiger partial charge in [-0.05, 0) is 67.8 Å². The maximum atomic E-state index is 14.2. The number of halogens is 2. The Morgan fingerprint density at radius 3 is 2.62 bits per heavy atom. The van der Waals surface area contributed by atoms with Crippen molar-refractivity contribution in [1.29, 1.82) is 0 Å². The van der Waals surface area contributed by atoms with E-state index >= 15 is 0 Å². The summed E-state index contributed by atoms with van der Waals surface area (Å²) in [6, 6.07) is 21.6. The summed E-state index contributed by atoms with van der Waals surface area (Å²) in [6.07, 6.45) is -0.286. The van der Waals surface area contributed by atoms with E-state index in [0.717, 1.165) is 15.6 Å². The van der Waals surface area contributed by atoms with E-state index in [1.165, 1.54) is 17.8 Å². The number of ether oxygens (including phenoxy) is 2. The van der Waals surface area contributed by atoms with Gasteiger partial charge in [-0.3, -0.25) is 0 Å². The summed E-state index contributed by atoms with van der Waals surface area (Å²) in [5, 5.41) is 8.38. The number of fused-ring (bicyclic) bond motifs is 1. The molecule has 40 heavy (non-hydrogen) atoms. The van der Waals surface area contributed by atoms with Crippen molar-refractivity contribution in [3.63, 3.8) is 0 Å². The molecule has 5 rings (SSSR count). The Hall–Kier alpha value is -3.63. The highest BCUT2D eigenvalue weighted by atomic mass is 79.9. The largest absolute Gasteiger partial charge is 0.489 e. The number of carbonyl (C=O) groups excluding carboxylic acids is 1. The van der Waals surface area contributed by atoms with E-state index in [9.17, 15) is 9.18 Å². The SMILES string of the molecule is CC1=C(C(=O)OC(C)C)C(c2ccc(OCc3cccc(Br)c3)cc2)n2nc(SCc3ccccc3F)nc2N1. The molecule has 7 nitrogen and oxygen atoms in total. The summed E-state index contributed by atoms with van der Waals surface area (Å²) in [5.41, 5.74) is 3.51. The Morgan fingerprint density at radius 1 is 1.12 bits per heavy atom. The van der Waals surface area contributed by atoms with Gasteiger partial charge in [0.15, 0.2) is 0 Å². The van der Waals surface area contributed by atoms with Crippen LogP contribution in [0.15, 0.2) is 93.7 Å². The number of rotatable bonds is 9. The Bertz CT molecular complexity index is 1550. The predicted molar refractivity (Wildman–Crippen MR) is 157 cm³/mol. The lowest BCUT2D eigenvalue weighted by Gasteiger charge is -2.28. The predicted octanol–water partition coefficient (Wildman–Crippen LogP) is 7.29. The van der Waals surface area contributed by atoms with Gasteiger partial charge < -0.3 is 14.8 Å². The summed E-state index contributed by atoms with van der Waals surface area (Å²) >= 11 is 4.81. The summed E-state index contributed by atoms with van der Waals surface area (Å²) in [4.78, 5) is 17.9. The second-order valence-corrected chi connectivity index (χ2v) is 11.4. The number of anilines is 1. The molecule has 1 atom stereocenters. The number of carbonyl (C=O) groups is 1. The maximum absolute atomic E-state index is 14.2. The first-order valence-electron chi connectivity index (χ1n) is 12.8. The first-order chi connectivity index (χ1) is 19.3. The smallest absolute Gasteiger partial charge is 0.338 e. The average molecular weight is 624 g/mol. The Kier molecular flexibility index (Phi) is 8.56. The molecule has 1 aliphatic rings. The van der Waals surface area contributed by atoms with Gasteiger partial charge in [0.25, 0.3) is 0 Å². The fraction of sp³-hybridized carbons (Fsp3) is 0.233. The average Bonchev–Trinajstić information content (AvgIpc) is 3.33. The van der Waals surface area contributed by atoms with Crippen LogP contribution >= 0.6 is 27.7 Å². The highest BCUT2D eigenvalue weighted by Gasteiger charge is 2.35. The van der Waals surface area contributed by atoms with Gasteiger partial charge in [-0.15, -0.1) is 5.10 Å².